The third-order valence-electron chi connectivity index (χ3n) is 2.60. The zero-order chi connectivity index (χ0) is 10.6. The molecule has 1 aliphatic rings. The number of ether oxygens (including phenoxy) is 1. The van der Waals surface area contributed by atoms with Crippen molar-refractivity contribution in [3.63, 3.8) is 0 Å². The van der Waals surface area contributed by atoms with Crippen LogP contribution >= 0.6 is 11.6 Å². The van der Waals surface area contributed by atoms with Crippen LogP contribution in [-0.4, -0.2) is 31.0 Å². The molecule has 1 saturated heterocycles. The van der Waals surface area contributed by atoms with Crippen molar-refractivity contribution in [2.24, 2.45) is 11.8 Å². The molecule has 0 aromatic heterocycles. The van der Waals surface area contributed by atoms with Crippen LogP contribution in [0.25, 0.3) is 0 Å². The molecule has 4 heteroatoms. The highest BCUT2D eigenvalue weighted by Crippen LogP contribution is 2.20. The van der Waals surface area contributed by atoms with E-state index in [0.717, 1.165) is 6.42 Å². The maximum Gasteiger partial charge on any atom is 0.225 e. The lowest BCUT2D eigenvalue weighted by atomic mass is 10.0. The van der Waals surface area contributed by atoms with Crippen LogP contribution in [0.4, 0.5) is 0 Å². The Labute approximate surface area is 90.1 Å². The lowest BCUT2D eigenvalue weighted by Gasteiger charge is -2.15. The first-order valence-corrected chi connectivity index (χ1v) is 5.64. The summed E-state index contributed by atoms with van der Waals surface area (Å²) >= 11 is 5.65. The minimum atomic E-state index is 0.0255. The molecule has 1 aliphatic heterocycles. The fraction of sp³-hybridized carbons (Fsp3) is 0.900. The van der Waals surface area contributed by atoms with Crippen LogP contribution < -0.4 is 5.32 Å². The van der Waals surface area contributed by atoms with E-state index in [9.17, 15) is 4.79 Å². The van der Waals surface area contributed by atoms with E-state index in [0.29, 0.717) is 24.9 Å². The first kappa shape index (κ1) is 11.8. The summed E-state index contributed by atoms with van der Waals surface area (Å²) < 4.78 is 5.33. The van der Waals surface area contributed by atoms with E-state index in [1.807, 2.05) is 13.8 Å². The highest BCUT2D eigenvalue weighted by atomic mass is 35.5. The van der Waals surface area contributed by atoms with Crippen molar-refractivity contribution >= 4 is 17.5 Å². The molecule has 3 atom stereocenters. The van der Waals surface area contributed by atoms with E-state index >= 15 is 0 Å². The van der Waals surface area contributed by atoms with E-state index in [4.69, 9.17) is 16.3 Å². The quantitative estimate of drug-likeness (QED) is 0.726. The summed E-state index contributed by atoms with van der Waals surface area (Å²) in [5.74, 6) is 1.04. The largest absolute Gasteiger partial charge is 0.378 e. The minimum absolute atomic E-state index is 0.0255. The van der Waals surface area contributed by atoms with Gasteiger partial charge in [-0.05, 0) is 19.3 Å². The number of carbonyl (C=O) groups is 1. The molecule has 1 N–H and O–H groups in total. The Hall–Kier alpha value is -0.280. The maximum absolute atomic E-state index is 11.6. The lowest BCUT2D eigenvalue weighted by Crippen LogP contribution is -2.36. The Morgan fingerprint density at radius 3 is 2.93 bits per heavy atom. The van der Waals surface area contributed by atoms with Gasteiger partial charge in [0.2, 0.25) is 5.91 Å². The normalized spacial score (nSPS) is 28.8. The number of nitrogens with one attached hydrogen (secondary N) is 1. The molecule has 0 aliphatic carbocycles. The number of alkyl halides is 1. The van der Waals surface area contributed by atoms with Crippen LogP contribution in [-0.2, 0) is 9.53 Å². The van der Waals surface area contributed by atoms with Gasteiger partial charge >= 0.3 is 0 Å². The van der Waals surface area contributed by atoms with Crippen molar-refractivity contribution in [2.45, 2.75) is 26.4 Å². The van der Waals surface area contributed by atoms with Crippen molar-refractivity contribution in [1.82, 2.24) is 5.32 Å². The second-order valence-corrected chi connectivity index (χ2v) is 4.28. The van der Waals surface area contributed by atoms with Gasteiger partial charge in [-0.25, -0.2) is 0 Å². The second-order valence-electron chi connectivity index (χ2n) is 3.98. The van der Waals surface area contributed by atoms with E-state index in [-0.39, 0.29) is 17.9 Å². The minimum Gasteiger partial charge on any atom is -0.378 e. The average Bonchev–Trinajstić information content (AvgIpc) is 2.60. The van der Waals surface area contributed by atoms with Crippen LogP contribution in [0, 0.1) is 11.8 Å². The van der Waals surface area contributed by atoms with Crippen molar-refractivity contribution < 1.29 is 9.53 Å². The third kappa shape index (κ3) is 3.14. The molecular formula is C10H18ClNO2. The summed E-state index contributed by atoms with van der Waals surface area (Å²) in [5.41, 5.74) is 0. The molecule has 3 unspecified atom stereocenters. The monoisotopic (exact) mass is 219 g/mol. The van der Waals surface area contributed by atoms with Gasteiger partial charge in [0.25, 0.3) is 0 Å². The SMILES string of the molecule is CC(CCl)CNC(=O)C1CCOC1C. The third-order valence-corrected chi connectivity index (χ3v) is 3.13. The van der Waals surface area contributed by atoms with Crippen LogP contribution in [0.3, 0.4) is 0 Å². The number of amides is 1. The molecule has 0 radical (unpaired) electrons. The predicted molar refractivity (Wildman–Crippen MR) is 56.4 cm³/mol. The first-order chi connectivity index (χ1) is 6.65. The predicted octanol–water partition coefficient (Wildman–Crippen LogP) is 1.40. The Morgan fingerprint density at radius 2 is 2.43 bits per heavy atom. The molecule has 0 saturated carbocycles. The maximum atomic E-state index is 11.6. The van der Waals surface area contributed by atoms with E-state index in [1.54, 1.807) is 0 Å². The fourth-order valence-corrected chi connectivity index (χ4v) is 1.65. The Bertz CT molecular complexity index is 199. The zero-order valence-electron chi connectivity index (χ0n) is 8.75. The molecule has 0 aromatic rings. The smallest absolute Gasteiger partial charge is 0.225 e. The summed E-state index contributed by atoms with van der Waals surface area (Å²) in [7, 11) is 0. The van der Waals surface area contributed by atoms with Gasteiger partial charge < -0.3 is 10.1 Å². The Balaban J connectivity index is 2.27. The van der Waals surface area contributed by atoms with E-state index in [1.165, 1.54) is 0 Å². The topological polar surface area (TPSA) is 38.3 Å². The molecule has 1 heterocycles. The van der Waals surface area contributed by atoms with Crippen LogP contribution in [0.1, 0.15) is 20.3 Å². The van der Waals surface area contributed by atoms with Crippen molar-refractivity contribution in [1.29, 1.82) is 0 Å². The van der Waals surface area contributed by atoms with E-state index < -0.39 is 0 Å². The molecular weight excluding hydrogens is 202 g/mol. The van der Waals surface area contributed by atoms with Gasteiger partial charge in [-0.2, -0.15) is 0 Å². The highest BCUT2D eigenvalue weighted by Gasteiger charge is 2.30. The molecule has 0 aromatic carbocycles. The highest BCUT2D eigenvalue weighted by molar-refractivity contribution is 6.18. The van der Waals surface area contributed by atoms with Gasteiger partial charge in [0.05, 0.1) is 12.0 Å². The molecule has 82 valence electrons. The number of halogens is 1. The van der Waals surface area contributed by atoms with Gasteiger partial charge in [0.1, 0.15) is 0 Å². The van der Waals surface area contributed by atoms with Crippen LogP contribution in [0.5, 0.6) is 0 Å². The van der Waals surface area contributed by atoms with Gasteiger partial charge in [0.15, 0.2) is 0 Å². The number of hydrogen-bond acceptors (Lipinski definition) is 2. The molecule has 0 bridgehead atoms. The summed E-state index contributed by atoms with van der Waals surface area (Å²) in [6, 6.07) is 0. The van der Waals surface area contributed by atoms with Crippen molar-refractivity contribution in [3.05, 3.63) is 0 Å². The molecule has 1 amide bonds. The molecule has 1 rings (SSSR count). The standard InChI is InChI=1S/C10H18ClNO2/c1-7(5-11)6-12-10(13)9-3-4-14-8(9)2/h7-9H,3-6H2,1-2H3,(H,12,13). The van der Waals surface area contributed by atoms with Gasteiger partial charge in [-0.1, -0.05) is 6.92 Å². The lowest BCUT2D eigenvalue weighted by molar-refractivity contribution is -0.126. The van der Waals surface area contributed by atoms with Crippen LogP contribution in [0.2, 0.25) is 0 Å². The van der Waals surface area contributed by atoms with Gasteiger partial charge in [0, 0.05) is 19.0 Å². The summed E-state index contributed by atoms with van der Waals surface area (Å²) in [6.07, 6.45) is 0.892. The van der Waals surface area contributed by atoms with Gasteiger partial charge in [-0.15, -0.1) is 11.6 Å². The van der Waals surface area contributed by atoms with Crippen molar-refractivity contribution in [3.8, 4) is 0 Å². The molecule has 1 fully saturated rings. The summed E-state index contributed by atoms with van der Waals surface area (Å²) in [6.45, 7) is 5.32. The molecule has 0 spiro atoms. The summed E-state index contributed by atoms with van der Waals surface area (Å²) in [4.78, 5) is 11.6. The average molecular weight is 220 g/mol. The Kier molecular flexibility index (Phi) is 4.69. The number of rotatable bonds is 4. The van der Waals surface area contributed by atoms with Gasteiger partial charge in [-0.3, -0.25) is 4.79 Å². The zero-order valence-corrected chi connectivity index (χ0v) is 9.51. The molecule has 3 nitrogen and oxygen atoms in total. The Morgan fingerprint density at radius 1 is 1.71 bits per heavy atom. The summed E-state index contributed by atoms with van der Waals surface area (Å²) in [5, 5.41) is 2.90. The van der Waals surface area contributed by atoms with Crippen LogP contribution in [0.15, 0.2) is 0 Å². The second kappa shape index (κ2) is 5.56. The van der Waals surface area contributed by atoms with E-state index in [2.05, 4.69) is 5.32 Å². The fourth-order valence-electron chi connectivity index (χ4n) is 1.54. The van der Waals surface area contributed by atoms with Crippen molar-refractivity contribution in [2.75, 3.05) is 19.0 Å². The number of hydrogen-bond donors (Lipinski definition) is 1. The molecule has 14 heavy (non-hydrogen) atoms. The first-order valence-electron chi connectivity index (χ1n) is 5.10. The number of carbonyl (C=O) groups excluding carboxylic acids is 1.